The molecule has 2 unspecified atom stereocenters. The zero-order chi connectivity index (χ0) is 11.8. The summed E-state index contributed by atoms with van der Waals surface area (Å²) < 4.78 is 5.38. The van der Waals surface area contributed by atoms with Gasteiger partial charge in [0, 0.05) is 37.3 Å². The first-order valence-corrected chi connectivity index (χ1v) is 5.96. The van der Waals surface area contributed by atoms with Crippen LogP contribution in [0.15, 0.2) is 12.4 Å². The highest BCUT2D eigenvalue weighted by Gasteiger charge is 2.39. The second-order valence-electron chi connectivity index (χ2n) is 4.51. The molecule has 0 aromatic carbocycles. The molecule has 6 heteroatoms. The molecule has 0 saturated carbocycles. The predicted octanol–water partition coefficient (Wildman–Crippen LogP) is 0.848. The summed E-state index contributed by atoms with van der Waals surface area (Å²) >= 11 is 5.59. The Morgan fingerprint density at radius 3 is 2.47 bits per heavy atom. The molecule has 5 nitrogen and oxygen atoms in total. The van der Waals surface area contributed by atoms with E-state index >= 15 is 0 Å². The highest BCUT2D eigenvalue weighted by molar-refractivity contribution is 6.28. The molecule has 2 aliphatic heterocycles. The van der Waals surface area contributed by atoms with E-state index in [1.807, 2.05) is 4.90 Å². The van der Waals surface area contributed by atoms with Gasteiger partial charge in [-0.25, -0.2) is 9.97 Å². The van der Waals surface area contributed by atoms with Crippen LogP contribution in [0.25, 0.3) is 0 Å². The molecule has 2 fully saturated rings. The van der Waals surface area contributed by atoms with Crippen molar-refractivity contribution >= 4 is 17.5 Å². The average molecular weight is 254 g/mol. The molecule has 0 N–H and O–H groups in total. The summed E-state index contributed by atoms with van der Waals surface area (Å²) in [5.74, 6) is 0.968. The number of fused-ring (bicyclic) bond motifs is 1. The molecule has 1 aromatic rings. The third kappa shape index (κ3) is 2.00. The maximum atomic E-state index is 12.2. The lowest BCUT2D eigenvalue weighted by Gasteiger charge is -2.16. The molecule has 0 bridgehead atoms. The molecule has 2 saturated heterocycles. The maximum Gasteiger partial charge on any atom is 0.257 e. The number of nitrogens with zero attached hydrogens (tertiary/aromatic N) is 3. The van der Waals surface area contributed by atoms with Gasteiger partial charge in [0.25, 0.3) is 5.91 Å². The number of ether oxygens (including phenoxy) is 1. The van der Waals surface area contributed by atoms with Crippen LogP contribution in [0.1, 0.15) is 10.4 Å². The second kappa shape index (κ2) is 4.23. The summed E-state index contributed by atoms with van der Waals surface area (Å²) in [7, 11) is 0. The van der Waals surface area contributed by atoms with Crippen LogP contribution >= 0.6 is 11.6 Å². The summed E-state index contributed by atoms with van der Waals surface area (Å²) in [5.41, 5.74) is 0.496. The Morgan fingerprint density at radius 2 is 1.88 bits per heavy atom. The van der Waals surface area contributed by atoms with E-state index in [9.17, 15) is 4.79 Å². The van der Waals surface area contributed by atoms with E-state index in [-0.39, 0.29) is 11.2 Å². The predicted molar refractivity (Wildman–Crippen MR) is 60.7 cm³/mol. The van der Waals surface area contributed by atoms with Gasteiger partial charge in [-0.15, -0.1) is 0 Å². The lowest BCUT2D eigenvalue weighted by Crippen LogP contribution is -2.30. The van der Waals surface area contributed by atoms with Crippen molar-refractivity contribution in [1.82, 2.24) is 14.9 Å². The van der Waals surface area contributed by atoms with Crippen molar-refractivity contribution in [1.29, 1.82) is 0 Å². The first-order chi connectivity index (χ1) is 8.24. The standard InChI is InChI=1S/C11H12ClN3O2/c12-11-13-1-7(2-14-11)10(16)15-3-8-5-17-6-9(8)4-15/h1-2,8-9H,3-6H2. The van der Waals surface area contributed by atoms with Crippen molar-refractivity contribution < 1.29 is 9.53 Å². The molecule has 2 aliphatic rings. The van der Waals surface area contributed by atoms with Gasteiger partial charge in [-0.2, -0.15) is 0 Å². The van der Waals surface area contributed by atoms with Crippen LogP contribution in [0.4, 0.5) is 0 Å². The number of likely N-dealkylation sites (tertiary alicyclic amines) is 1. The molecule has 17 heavy (non-hydrogen) atoms. The molecule has 1 aromatic heterocycles. The first kappa shape index (κ1) is 10.9. The van der Waals surface area contributed by atoms with Crippen LogP contribution < -0.4 is 0 Å². The van der Waals surface area contributed by atoms with E-state index in [1.54, 1.807) is 0 Å². The zero-order valence-electron chi connectivity index (χ0n) is 9.17. The lowest BCUT2D eigenvalue weighted by atomic mass is 10.0. The number of amides is 1. The van der Waals surface area contributed by atoms with Crippen molar-refractivity contribution in [2.45, 2.75) is 0 Å². The van der Waals surface area contributed by atoms with Gasteiger partial charge in [0.05, 0.1) is 18.8 Å². The monoisotopic (exact) mass is 253 g/mol. The van der Waals surface area contributed by atoms with Crippen LogP contribution in [0, 0.1) is 11.8 Å². The molecule has 2 atom stereocenters. The van der Waals surface area contributed by atoms with Gasteiger partial charge in [-0.05, 0) is 11.6 Å². The third-order valence-electron chi connectivity index (χ3n) is 3.39. The summed E-state index contributed by atoms with van der Waals surface area (Å²) in [6.45, 7) is 3.08. The Bertz CT molecular complexity index is 425. The van der Waals surface area contributed by atoms with Crippen LogP contribution in [-0.2, 0) is 4.74 Å². The molecule has 0 aliphatic carbocycles. The van der Waals surface area contributed by atoms with Crippen LogP contribution in [-0.4, -0.2) is 47.1 Å². The van der Waals surface area contributed by atoms with E-state index in [4.69, 9.17) is 16.3 Å². The number of hydrogen-bond donors (Lipinski definition) is 0. The number of hydrogen-bond acceptors (Lipinski definition) is 4. The van der Waals surface area contributed by atoms with Gasteiger partial charge in [0.15, 0.2) is 0 Å². The summed E-state index contributed by atoms with van der Waals surface area (Å²) in [6.07, 6.45) is 2.95. The Balaban J connectivity index is 1.73. The number of halogens is 1. The summed E-state index contributed by atoms with van der Waals surface area (Å²) in [5, 5.41) is 0.160. The SMILES string of the molecule is O=C(c1cnc(Cl)nc1)N1CC2COCC2C1. The maximum absolute atomic E-state index is 12.2. The Hall–Kier alpha value is -1.20. The van der Waals surface area contributed by atoms with Gasteiger partial charge >= 0.3 is 0 Å². The quantitative estimate of drug-likeness (QED) is 0.697. The van der Waals surface area contributed by atoms with Crippen molar-refractivity contribution in [3.8, 4) is 0 Å². The average Bonchev–Trinajstić information content (AvgIpc) is 2.89. The van der Waals surface area contributed by atoms with E-state index in [2.05, 4.69) is 9.97 Å². The van der Waals surface area contributed by atoms with Crippen molar-refractivity contribution in [2.75, 3.05) is 26.3 Å². The minimum absolute atomic E-state index is 0.0175. The van der Waals surface area contributed by atoms with Gasteiger partial charge in [-0.1, -0.05) is 0 Å². The molecule has 3 heterocycles. The zero-order valence-corrected chi connectivity index (χ0v) is 9.93. The van der Waals surface area contributed by atoms with E-state index in [1.165, 1.54) is 12.4 Å². The minimum atomic E-state index is -0.0175. The number of carbonyl (C=O) groups is 1. The molecule has 0 spiro atoms. The first-order valence-electron chi connectivity index (χ1n) is 5.58. The molecule has 1 amide bonds. The van der Waals surface area contributed by atoms with E-state index in [0.717, 1.165) is 26.3 Å². The normalized spacial score (nSPS) is 27.2. The largest absolute Gasteiger partial charge is 0.381 e. The molecular weight excluding hydrogens is 242 g/mol. The summed E-state index contributed by atoms with van der Waals surface area (Å²) in [4.78, 5) is 21.7. The fourth-order valence-electron chi connectivity index (χ4n) is 2.46. The van der Waals surface area contributed by atoms with Gasteiger partial charge in [0.2, 0.25) is 5.28 Å². The number of carbonyl (C=O) groups excluding carboxylic acids is 1. The molecular formula is C11H12ClN3O2. The van der Waals surface area contributed by atoms with Crippen LogP contribution in [0.5, 0.6) is 0 Å². The topological polar surface area (TPSA) is 55.3 Å². The van der Waals surface area contributed by atoms with Crippen molar-refractivity contribution in [2.24, 2.45) is 11.8 Å². The third-order valence-corrected chi connectivity index (χ3v) is 3.59. The Kier molecular flexibility index (Phi) is 2.72. The Morgan fingerprint density at radius 1 is 1.29 bits per heavy atom. The molecule has 0 radical (unpaired) electrons. The van der Waals surface area contributed by atoms with E-state index < -0.39 is 0 Å². The fourth-order valence-corrected chi connectivity index (χ4v) is 2.56. The van der Waals surface area contributed by atoms with Gasteiger partial charge in [-0.3, -0.25) is 4.79 Å². The molecule has 90 valence electrons. The smallest absolute Gasteiger partial charge is 0.257 e. The summed E-state index contributed by atoms with van der Waals surface area (Å²) in [6, 6.07) is 0. The highest BCUT2D eigenvalue weighted by Crippen LogP contribution is 2.29. The fraction of sp³-hybridized carbons (Fsp3) is 0.545. The number of aromatic nitrogens is 2. The second-order valence-corrected chi connectivity index (χ2v) is 4.85. The van der Waals surface area contributed by atoms with Crippen molar-refractivity contribution in [3.63, 3.8) is 0 Å². The van der Waals surface area contributed by atoms with Gasteiger partial charge < -0.3 is 9.64 Å². The number of rotatable bonds is 1. The minimum Gasteiger partial charge on any atom is -0.381 e. The van der Waals surface area contributed by atoms with E-state index in [0.29, 0.717) is 17.4 Å². The van der Waals surface area contributed by atoms with Crippen LogP contribution in [0.3, 0.4) is 0 Å². The van der Waals surface area contributed by atoms with Crippen LogP contribution in [0.2, 0.25) is 5.28 Å². The lowest BCUT2D eigenvalue weighted by molar-refractivity contribution is 0.0750. The Labute approximate surface area is 104 Å². The van der Waals surface area contributed by atoms with Crippen molar-refractivity contribution in [3.05, 3.63) is 23.2 Å². The highest BCUT2D eigenvalue weighted by atomic mass is 35.5. The molecule has 3 rings (SSSR count). The van der Waals surface area contributed by atoms with Gasteiger partial charge in [0.1, 0.15) is 0 Å².